The van der Waals surface area contributed by atoms with Crippen LogP contribution in [-0.4, -0.2) is 29.0 Å². The van der Waals surface area contributed by atoms with E-state index in [-0.39, 0.29) is 0 Å². The third-order valence-corrected chi connectivity index (χ3v) is 5.22. The van der Waals surface area contributed by atoms with Crippen molar-refractivity contribution in [3.8, 4) is 28.4 Å². The number of aromatic nitrogens is 2. The highest BCUT2D eigenvalue weighted by Gasteiger charge is 2.14. The molecule has 0 radical (unpaired) electrons. The van der Waals surface area contributed by atoms with Crippen molar-refractivity contribution < 1.29 is 9.47 Å². The molecular formula is C24H24N4O2S. The molecule has 4 aromatic rings. The molecule has 0 spiro atoms. The van der Waals surface area contributed by atoms with Crippen LogP contribution in [0.25, 0.3) is 16.9 Å². The van der Waals surface area contributed by atoms with Crippen molar-refractivity contribution in [3.05, 3.63) is 77.9 Å². The molecule has 0 aliphatic rings. The van der Waals surface area contributed by atoms with Gasteiger partial charge < -0.3 is 14.0 Å². The van der Waals surface area contributed by atoms with Gasteiger partial charge in [0.2, 0.25) is 5.13 Å². The van der Waals surface area contributed by atoms with Crippen molar-refractivity contribution in [3.63, 3.8) is 0 Å². The first kappa shape index (κ1) is 20.7. The van der Waals surface area contributed by atoms with Crippen molar-refractivity contribution in [2.45, 2.75) is 13.8 Å². The lowest BCUT2D eigenvalue weighted by atomic mass is 10.1. The van der Waals surface area contributed by atoms with Gasteiger partial charge in [0.1, 0.15) is 17.2 Å². The second kappa shape index (κ2) is 9.95. The van der Waals surface area contributed by atoms with Crippen LogP contribution in [0.2, 0.25) is 0 Å². The van der Waals surface area contributed by atoms with Crippen LogP contribution in [0.4, 0.5) is 5.13 Å². The number of benzene rings is 2. The summed E-state index contributed by atoms with van der Waals surface area (Å²) in [6.45, 7) is 5.05. The van der Waals surface area contributed by atoms with Gasteiger partial charge in [-0.15, -0.1) is 11.3 Å². The molecule has 0 bridgehead atoms. The van der Waals surface area contributed by atoms with Crippen molar-refractivity contribution in [2.24, 2.45) is 5.10 Å². The van der Waals surface area contributed by atoms with E-state index < -0.39 is 0 Å². The number of hydrogen-bond acceptors (Lipinski definition) is 6. The van der Waals surface area contributed by atoms with Gasteiger partial charge >= 0.3 is 0 Å². The molecule has 2 aromatic carbocycles. The molecule has 0 fully saturated rings. The zero-order chi connectivity index (χ0) is 21.5. The molecule has 4 rings (SSSR count). The van der Waals surface area contributed by atoms with Crippen LogP contribution in [0, 0.1) is 0 Å². The molecule has 0 unspecified atom stereocenters. The maximum Gasteiger partial charge on any atom is 0.203 e. The van der Waals surface area contributed by atoms with Crippen molar-refractivity contribution in [2.75, 3.05) is 18.6 Å². The standard InChI is InChI=1S/C24H24N4O2S/c1-3-29-21-14-18(15-22(30-4-2)23(21)28-12-8-9-13-28)16-25-27-24-26-20(17-31-24)19-10-6-5-7-11-19/h5-17H,3-4H2,1-2H3,(H,26,27). The summed E-state index contributed by atoms with van der Waals surface area (Å²) in [7, 11) is 0. The SMILES string of the molecule is CCOc1cc(C=NNc2nc(-c3ccccc3)cs2)cc(OCC)c1-n1cccc1. The maximum atomic E-state index is 5.91. The minimum absolute atomic E-state index is 0.556. The number of nitrogens with one attached hydrogen (secondary N) is 1. The Morgan fingerprint density at radius 2 is 1.68 bits per heavy atom. The van der Waals surface area contributed by atoms with Crippen LogP contribution in [-0.2, 0) is 0 Å². The highest BCUT2D eigenvalue weighted by Crippen LogP contribution is 2.34. The molecule has 7 heteroatoms. The predicted molar refractivity (Wildman–Crippen MR) is 127 cm³/mol. The first-order chi connectivity index (χ1) is 15.3. The molecule has 0 amide bonds. The number of thiazole rings is 1. The smallest absolute Gasteiger partial charge is 0.203 e. The maximum absolute atomic E-state index is 5.91. The Balaban J connectivity index is 1.57. The van der Waals surface area contributed by atoms with E-state index in [0.29, 0.717) is 13.2 Å². The van der Waals surface area contributed by atoms with Crippen LogP contribution in [0.3, 0.4) is 0 Å². The summed E-state index contributed by atoms with van der Waals surface area (Å²) in [5.41, 5.74) is 6.78. The van der Waals surface area contributed by atoms with Crippen molar-refractivity contribution in [1.82, 2.24) is 9.55 Å². The minimum atomic E-state index is 0.556. The zero-order valence-electron chi connectivity index (χ0n) is 17.5. The van der Waals surface area contributed by atoms with Gasteiger partial charge in [-0.2, -0.15) is 5.10 Å². The van der Waals surface area contributed by atoms with E-state index in [1.165, 1.54) is 11.3 Å². The Morgan fingerprint density at radius 1 is 1.00 bits per heavy atom. The van der Waals surface area contributed by atoms with Gasteiger partial charge in [0.15, 0.2) is 0 Å². The predicted octanol–water partition coefficient (Wildman–Crippen LogP) is 5.84. The molecule has 0 atom stereocenters. The molecular weight excluding hydrogens is 408 g/mol. The minimum Gasteiger partial charge on any atom is -0.492 e. The summed E-state index contributed by atoms with van der Waals surface area (Å²) in [5.74, 6) is 1.48. The molecule has 2 aromatic heterocycles. The number of nitrogens with zero attached hydrogens (tertiary/aromatic N) is 3. The zero-order valence-corrected chi connectivity index (χ0v) is 18.3. The van der Waals surface area contributed by atoms with Gasteiger partial charge in [-0.1, -0.05) is 30.3 Å². The summed E-state index contributed by atoms with van der Waals surface area (Å²) < 4.78 is 13.8. The molecule has 31 heavy (non-hydrogen) atoms. The van der Waals surface area contributed by atoms with Crippen LogP contribution < -0.4 is 14.9 Å². The second-order valence-corrected chi connectivity index (χ2v) is 7.45. The van der Waals surface area contributed by atoms with E-state index in [2.05, 4.69) is 15.5 Å². The Hall–Kier alpha value is -3.58. The molecule has 1 N–H and O–H groups in total. The lowest BCUT2D eigenvalue weighted by Gasteiger charge is -2.17. The molecule has 0 saturated heterocycles. The van der Waals surface area contributed by atoms with Gasteiger partial charge in [-0.3, -0.25) is 5.43 Å². The second-order valence-electron chi connectivity index (χ2n) is 6.60. The summed E-state index contributed by atoms with van der Waals surface area (Å²) in [5, 5.41) is 7.11. The van der Waals surface area contributed by atoms with Gasteiger partial charge in [0.05, 0.1) is 25.1 Å². The van der Waals surface area contributed by atoms with Crippen LogP contribution in [0.5, 0.6) is 11.5 Å². The Morgan fingerprint density at radius 3 is 2.32 bits per heavy atom. The van der Waals surface area contributed by atoms with E-state index in [0.717, 1.165) is 39.1 Å². The number of hydrogen-bond donors (Lipinski definition) is 1. The molecule has 0 aliphatic carbocycles. The summed E-state index contributed by atoms with van der Waals surface area (Å²) in [6.07, 6.45) is 5.69. The largest absolute Gasteiger partial charge is 0.492 e. The fourth-order valence-electron chi connectivity index (χ4n) is 3.17. The van der Waals surface area contributed by atoms with E-state index in [9.17, 15) is 0 Å². The Kier molecular flexibility index (Phi) is 6.64. The lowest BCUT2D eigenvalue weighted by Crippen LogP contribution is -2.05. The van der Waals surface area contributed by atoms with E-state index in [1.54, 1.807) is 6.21 Å². The fourth-order valence-corrected chi connectivity index (χ4v) is 3.84. The highest BCUT2D eigenvalue weighted by atomic mass is 32.1. The fraction of sp³-hybridized carbons (Fsp3) is 0.167. The first-order valence-corrected chi connectivity index (χ1v) is 11.0. The summed E-state index contributed by atoms with van der Waals surface area (Å²) in [6, 6.07) is 18.0. The van der Waals surface area contributed by atoms with Gasteiger partial charge in [0, 0.05) is 28.9 Å². The Labute approximate surface area is 185 Å². The van der Waals surface area contributed by atoms with Gasteiger partial charge in [-0.25, -0.2) is 4.98 Å². The molecule has 6 nitrogen and oxygen atoms in total. The number of hydrazone groups is 1. The summed E-state index contributed by atoms with van der Waals surface area (Å²) in [4.78, 5) is 4.59. The number of anilines is 1. The molecule has 158 valence electrons. The van der Waals surface area contributed by atoms with Crippen molar-refractivity contribution in [1.29, 1.82) is 0 Å². The van der Waals surface area contributed by atoms with Crippen LogP contribution in [0.15, 0.2) is 77.5 Å². The van der Waals surface area contributed by atoms with E-state index in [1.807, 2.05) is 90.8 Å². The summed E-state index contributed by atoms with van der Waals surface area (Å²) >= 11 is 1.51. The van der Waals surface area contributed by atoms with Crippen LogP contribution in [0.1, 0.15) is 19.4 Å². The van der Waals surface area contributed by atoms with Gasteiger partial charge in [-0.05, 0) is 38.1 Å². The monoisotopic (exact) mass is 432 g/mol. The molecule has 2 heterocycles. The first-order valence-electron chi connectivity index (χ1n) is 10.2. The van der Waals surface area contributed by atoms with E-state index in [4.69, 9.17) is 9.47 Å². The lowest BCUT2D eigenvalue weighted by molar-refractivity contribution is 0.321. The van der Waals surface area contributed by atoms with Crippen molar-refractivity contribution >= 4 is 22.7 Å². The highest BCUT2D eigenvalue weighted by molar-refractivity contribution is 7.14. The average molecular weight is 433 g/mol. The number of rotatable bonds is 9. The quantitative estimate of drug-likeness (QED) is 0.266. The van der Waals surface area contributed by atoms with Crippen LogP contribution >= 0.6 is 11.3 Å². The van der Waals surface area contributed by atoms with E-state index >= 15 is 0 Å². The van der Waals surface area contributed by atoms with Gasteiger partial charge in [0.25, 0.3) is 0 Å². The molecule has 0 saturated carbocycles. The normalized spacial score (nSPS) is 11.0. The topological polar surface area (TPSA) is 60.7 Å². The Bertz CT molecular complexity index is 1110. The third-order valence-electron chi connectivity index (χ3n) is 4.47. The molecule has 0 aliphatic heterocycles. The average Bonchev–Trinajstić information content (AvgIpc) is 3.47. The third kappa shape index (κ3) is 4.95. The number of ether oxygens (including phenoxy) is 2.